The molecule has 0 saturated heterocycles. The van der Waals surface area contributed by atoms with E-state index in [9.17, 15) is 4.79 Å². The van der Waals surface area contributed by atoms with E-state index in [0.717, 1.165) is 5.56 Å². The van der Waals surface area contributed by atoms with Crippen molar-refractivity contribution in [1.29, 1.82) is 0 Å². The lowest BCUT2D eigenvalue weighted by Crippen LogP contribution is -2.20. The average Bonchev–Trinajstić information content (AvgIpc) is 2.42. The highest BCUT2D eigenvalue weighted by Crippen LogP contribution is 2.23. The van der Waals surface area contributed by atoms with Gasteiger partial charge in [-0.2, -0.15) is 0 Å². The van der Waals surface area contributed by atoms with Crippen LogP contribution in [0.3, 0.4) is 0 Å². The van der Waals surface area contributed by atoms with E-state index in [1.165, 1.54) is 0 Å². The lowest BCUT2D eigenvalue weighted by molar-refractivity contribution is -0.118. The molecule has 0 aliphatic rings. The van der Waals surface area contributed by atoms with Crippen LogP contribution >= 0.6 is 23.2 Å². The number of hydrogen-bond donors (Lipinski definition) is 1. The number of amides is 1. The minimum absolute atomic E-state index is 0.116. The first-order valence-corrected chi connectivity index (χ1v) is 6.75. The molecule has 5 heteroatoms. The van der Waals surface area contributed by atoms with E-state index in [1.54, 1.807) is 36.4 Å². The van der Waals surface area contributed by atoms with Crippen LogP contribution in [0.1, 0.15) is 5.56 Å². The van der Waals surface area contributed by atoms with Gasteiger partial charge in [-0.3, -0.25) is 4.79 Å². The molecule has 104 valence electrons. The van der Waals surface area contributed by atoms with Gasteiger partial charge in [-0.05, 0) is 36.8 Å². The predicted octanol–water partition coefficient (Wildman–Crippen LogP) is 4.32. The second-order valence-electron chi connectivity index (χ2n) is 4.23. The number of carbonyl (C=O) groups is 1. The van der Waals surface area contributed by atoms with Crippen molar-refractivity contribution >= 4 is 34.8 Å². The molecule has 2 aromatic rings. The van der Waals surface area contributed by atoms with E-state index in [0.29, 0.717) is 21.5 Å². The minimum atomic E-state index is -0.273. The van der Waals surface area contributed by atoms with E-state index in [1.807, 2.05) is 13.0 Å². The first-order valence-electron chi connectivity index (χ1n) is 5.99. The standard InChI is InChI=1S/C15H13Cl2NO2/c1-10-6-7-11(8-13(10)17)18-15(19)9-20-14-5-3-2-4-12(14)16/h2-8H,9H2,1H3,(H,18,19). The van der Waals surface area contributed by atoms with Gasteiger partial charge in [0.25, 0.3) is 5.91 Å². The van der Waals surface area contributed by atoms with Gasteiger partial charge in [0.05, 0.1) is 5.02 Å². The smallest absolute Gasteiger partial charge is 0.262 e. The van der Waals surface area contributed by atoms with Crippen LogP contribution in [-0.4, -0.2) is 12.5 Å². The zero-order chi connectivity index (χ0) is 14.5. The highest BCUT2D eigenvalue weighted by Gasteiger charge is 2.06. The highest BCUT2D eigenvalue weighted by molar-refractivity contribution is 6.32. The van der Waals surface area contributed by atoms with Crippen LogP contribution in [0.25, 0.3) is 0 Å². The number of para-hydroxylation sites is 1. The SMILES string of the molecule is Cc1ccc(NC(=O)COc2ccccc2Cl)cc1Cl. The molecule has 0 spiro atoms. The third-order valence-electron chi connectivity index (χ3n) is 2.65. The summed E-state index contributed by atoms with van der Waals surface area (Å²) in [6.45, 7) is 1.78. The number of anilines is 1. The first kappa shape index (κ1) is 14.7. The van der Waals surface area contributed by atoms with Gasteiger partial charge in [-0.25, -0.2) is 0 Å². The average molecular weight is 310 g/mol. The predicted molar refractivity (Wildman–Crippen MR) is 81.8 cm³/mol. The van der Waals surface area contributed by atoms with E-state index in [4.69, 9.17) is 27.9 Å². The topological polar surface area (TPSA) is 38.3 Å². The summed E-state index contributed by atoms with van der Waals surface area (Å²) < 4.78 is 5.35. The number of benzene rings is 2. The van der Waals surface area contributed by atoms with Crippen LogP contribution in [0.15, 0.2) is 42.5 Å². The maximum absolute atomic E-state index is 11.8. The van der Waals surface area contributed by atoms with Crippen molar-refractivity contribution in [2.24, 2.45) is 0 Å². The summed E-state index contributed by atoms with van der Waals surface area (Å²) in [5.41, 5.74) is 1.59. The fraction of sp³-hybridized carbons (Fsp3) is 0.133. The Hall–Kier alpha value is -1.71. The summed E-state index contributed by atoms with van der Waals surface area (Å²) in [6.07, 6.45) is 0. The summed E-state index contributed by atoms with van der Waals surface area (Å²) in [6, 6.07) is 12.3. The van der Waals surface area contributed by atoms with Gasteiger partial charge in [0.1, 0.15) is 5.75 Å². The van der Waals surface area contributed by atoms with E-state index in [2.05, 4.69) is 5.32 Å². The minimum Gasteiger partial charge on any atom is -0.482 e. The molecule has 1 N–H and O–H groups in total. The normalized spacial score (nSPS) is 10.2. The molecule has 2 aromatic carbocycles. The molecule has 0 atom stereocenters. The second kappa shape index (κ2) is 6.64. The molecule has 1 amide bonds. The van der Waals surface area contributed by atoms with Crippen LogP contribution in [0.4, 0.5) is 5.69 Å². The Morgan fingerprint density at radius 3 is 2.60 bits per heavy atom. The van der Waals surface area contributed by atoms with Gasteiger partial charge in [0, 0.05) is 10.7 Å². The summed E-state index contributed by atoms with van der Waals surface area (Å²) >= 11 is 11.9. The quantitative estimate of drug-likeness (QED) is 0.913. The van der Waals surface area contributed by atoms with Crippen molar-refractivity contribution < 1.29 is 9.53 Å². The third-order valence-corrected chi connectivity index (χ3v) is 3.37. The van der Waals surface area contributed by atoms with E-state index >= 15 is 0 Å². The summed E-state index contributed by atoms with van der Waals surface area (Å²) in [5.74, 6) is 0.205. The monoisotopic (exact) mass is 309 g/mol. The molecule has 0 bridgehead atoms. The van der Waals surface area contributed by atoms with E-state index in [-0.39, 0.29) is 12.5 Å². The molecule has 0 heterocycles. The van der Waals surface area contributed by atoms with Crippen molar-refractivity contribution in [3.8, 4) is 5.75 Å². The number of carbonyl (C=O) groups excluding carboxylic acids is 1. The molecule has 0 fully saturated rings. The maximum Gasteiger partial charge on any atom is 0.262 e. The maximum atomic E-state index is 11.8. The third kappa shape index (κ3) is 3.89. The van der Waals surface area contributed by atoms with Crippen LogP contribution in [0, 0.1) is 6.92 Å². The molecule has 20 heavy (non-hydrogen) atoms. The van der Waals surface area contributed by atoms with Gasteiger partial charge in [-0.1, -0.05) is 41.4 Å². The Balaban J connectivity index is 1.93. The molecule has 0 aliphatic carbocycles. The molecule has 0 aliphatic heterocycles. The van der Waals surface area contributed by atoms with Gasteiger partial charge in [-0.15, -0.1) is 0 Å². The Labute approximate surface area is 127 Å². The van der Waals surface area contributed by atoms with Crippen LogP contribution in [0.2, 0.25) is 10.0 Å². The number of halogens is 2. The number of hydrogen-bond acceptors (Lipinski definition) is 2. The molecule has 0 aromatic heterocycles. The molecular formula is C15H13Cl2NO2. The number of nitrogens with one attached hydrogen (secondary N) is 1. The molecule has 2 rings (SSSR count). The largest absolute Gasteiger partial charge is 0.482 e. The van der Waals surface area contributed by atoms with Crippen LogP contribution in [0.5, 0.6) is 5.75 Å². The summed E-state index contributed by atoms with van der Waals surface area (Å²) in [5, 5.41) is 3.79. The second-order valence-corrected chi connectivity index (χ2v) is 5.05. The Kier molecular flexibility index (Phi) is 4.88. The Bertz CT molecular complexity index is 629. The zero-order valence-electron chi connectivity index (χ0n) is 10.8. The molecule has 3 nitrogen and oxygen atoms in total. The molecule has 0 radical (unpaired) electrons. The first-order chi connectivity index (χ1) is 9.56. The molecule has 0 saturated carbocycles. The number of aryl methyl sites for hydroxylation is 1. The van der Waals surface area contributed by atoms with Crippen molar-refractivity contribution in [1.82, 2.24) is 0 Å². The zero-order valence-corrected chi connectivity index (χ0v) is 12.3. The number of ether oxygens (including phenoxy) is 1. The molecular weight excluding hydrogens is 297 g/mol. The van der Waals surface area contributed by atoms with Crippen molar-refractivity contribution in [3.63, 3.8) is 0 Å². The summed E-state index contributed by atoms with van der Waals surface area (Å²) in [4.78, 5) is 11.8. The Morgan fingerprint density at radius 1 is 1.15 bits per heavy atom. The number of rotatable bonds is 4. The highest BCUT2D eigenvalue weighted by atomic mass is 35.5. The lowest BCUT2D eigenvalue weighted by Gasteiger charge is -2.09. The van der Waals surface area contributed by atoms with Crippen molar-refractivity contribution in [2.45, 2.75) is 6.92 Å². The Morgan fingerprint density at radius 2 is 1.90 bits per heavy atom. The van der Waals surface area contributed by atoms with Gasteiger partial charge >= 0.3 is 0 Å². The van der Waals surface area contributed by atoms with Crippen molar-refractivity contribution in [3.05, 3.63) is 58.1 Å². The van der Waals surface area contributed by atoms with Crippen LogP contribution in [-0.2, 0) is 4.79 Å². The van der Waals surface area contributed by atoms with E-state index < -0.39 is 0 Å². The fourth-order valence-corrected chi connectivity index (χ4v) is 1.94. The molecule has 0 unspecified atom stereocenters. The summed E-state index contributed by atoms with van der Waals surface area (Å²) in [7, 11) is 0. The fourth-order valence-electron chi connectivity index (χ4n) is 1.57. The lowest BCUT2D eigenvalue weighted by atomic mass is 10.2. The van der Waals surface area contributed by atoms with Gasteiger partial charge in [0.15, 0.2) is 6.61 Å². The van der Waals surface area contributed by atoms with Crippen molar-refractivity contribution in [2.75, 3.05) is 11.9 Å². The van der Waals surface area contributed by atoms with Gasteiger partial charge in [0.2, 0.25) is 0 Å². The van der Waals surface area contributed by atoms with Gasteiger partial charge < -0.3 is 10.1 Å². The van der Waals surface area contributed by atoms with Crippen LogP contribution < -0.4 is 10.1 Å².